The van der Waals surface area contributed by atoms with E-state index < -0.39 is 0 Å². The van der Waals surface area contributed by atoms with Crippen molar-refractivity contribution in [2.75, 3.05) is 7.11 Å². The molecule has 0 atom stereocenters. The van der Waals surface area contributed by atoms with Crippen molar-refractivity contribution in [2.45, 2.75) is 6.92 Å². The molecule has 0 aromatic carbocycles. The maximum atomic E-state index is 10.6. The lowest BCUT2D eigenvalue weighted by molar-refractivity contribution is 0.0978. The van der Waals surface area contributed by atoms with Gasteiger partial charge in [-0.05, 0) is 5.16 Å². The van der Waals surface area contributed by atoms with E-state index in [0.717, 1.165) is 0 Å². The summed E-state index contributed by atoms with van der Waals surface area (Å²) in [5.74, 6) is 0.387. The summed E-state index contributed by atoms with van der Waals surface area (Å²) in [6, 6.07) is 1.45. The van der Waals surface area contributed by atoms with Gasteiger partial charge in [-0.2, -0.15) is 0 Å². The van der Waals surface area contributed by atoms with E-state index in [1.807, 2.05) is 0 Å². The Kier molecular flexibility index (Phi) is 1.71. The summed E-state index contributed by atoms with van der Waals surface area (Å²) < 4.78 is 9.28. The summed E-state index contributed by atoms with van der Waals surface area (Å²) in [5, 5.41) is 3.44. The van der Waals surface area contributed by atoms with Gasteiger partial charge in [-0.3, -0.25) is 4.79 Å². The molecule has 0 unspecified atom stereocenters. The van der Waals surface area contributed by atoms with Crippen molar-refractivity contribution in [3.05, 3.63) is 11.8 Å². The predicted molar refractivity (Wildman–Crippen MR) is 33.1 cm³/mol. The van der Waals surface area contributed by atoms with Crippen LogP contribution < -0.4 is 4.74 Å². The third-order valence-corrected chi connectivity index (χ3v) is 1.04. The summed E-state index contributed by atoms with van der Waals surface area (Å²) in [4.78, 5) is 10.6. The largest absolute Gasteiger partial charge is 0.479 e. The number of ketones is 1. The van der Waals surface area contributed by atoms with Gasteiger partial charge in [0.2, 0.25) is 5.76 Å². The summed E-state index contributed by atoms with van der Waals surface area (Å²) >= 11 is 0. The topological polar surface area (TPSA) is 52.3 Å². The average Bonchev–Trinajstić information content (AvgIpc) is 2.34. The highest BCUT2D eigenvalue weighted by molar-refractivity contribution is 5.91. The minimum atomic E-state index is -0.157. The minimum Gasteiger partial charge on any atom is -0.479 e. The minimum absolute atomic E-state index is 0.157. The van der Waals surface area contributed by atoms with Crippen molar-refractivity contribution >= 4 is 5.78 Å². The average molecular weight is 141 g/mol. The molecular formula is C6H7NO3. The van der Waals surface area contributed by atoms with E-state index in [-0.39, 0.29) is 11.5 Å². The fourth-order valence-electron chi connectivity index (χ4n) is 0.521. The molecule has 0 aliphatic heterocycles. The van der Waals surface area contributed by atoms with E-state index in [0.29, 0.717) is 5.88 Å². The first-order valence-corrected chi connectivity index (χ1v) is 2.75. The number of hydrogen-bond acceptors (Lipinski definition) is 4. The molecule has 0 saturated heterocycles. The molecule has 0 spiro atoms. The van der Waals surface area contributed by atoms with E-state index >= 15 is 0 Å². The number of aromatic nitrogens is 1. The van der Waals surface area contributed by atoms with Gasteiger partial charge in [0, 0.05) is 6.92 Å². The normalized spacial score (nSPS) is 9.40. The van der Waals surface area contributed by atoms with Gasteiger partial charge < -0.3 is 9.26 Å². The maximum Gasteiger partial charge on any atom is 0.254 e. The monoisotopic (exact) mass is 141 g/mol. The molecule has 1 rings (SSSR count). The number of methoxy groups -OCH3 is 1. The fraction of sp³-hybridized carbons (Fsp3) is 0.333. The molecule has 1 aromatic rings. The SMILES string of the molecule is COc1cc(C(C)=O)on1. The number of carbonyl (C=O) groups excluding carboxylic acids is 1. The molecule has 0 aliphatic carbocycles. The van der Waals surface area contributed by atoms with E-state index in [9.17, 15) is 4.79 Å². The maximum absolute atomic E-state index is 10.6. The van der Waals surface area contributed by atoms with Gasteiger partial charge in [-0.1, -0.05) is 0 Å². The van der Waals surface area contributed by atoms with Gasteiger partial charge in [0.25, 0.3) is 5.88 Å². The van der Waals surface area contributed by atoms with Crippen LogP contribution in [0.4, 0.5) is 0 Å². The summed E-state index contributed by atoms with van der Waals surface area (Å²) in [6.45, 7) is 1.40. The first kappa shape index (κ1) is 6.80. The number of hydrogen-bond donors (Lipinski definition) is 0. The van der Waals surface area contributed by atoms with Crippen LogP contribution in [0.15, 0.2) is 10.6 Å². The lowest BCUT2D eigenvalue weighted by Gasteiger charge is -1.83. The number of Topliss-reactive ketones (excluding diaryl/α,β-unsaturated/α-hetero) is 1. The highest BCUT2D eigenvalue weighted by atomic mass is 16.5. The zero-order valence-electron chi connectivity index (χ0n) is 5.75. The predicted octanol–water partition coefficient (Wildman–Crippen LogP) is 0.886. The Morgan fingerprint density at radius 3 is 2.80 bits per heavy atom. The molecule has 0 aliphatic rings. The molecule has 0 radical (unpaired) electrons. The smallest absolute Gasteiger partial charge is 0.254 e. The third-order valence-electron chi connectivity index (χ3n) is 1.04. The van der Waals surface area contributed by atoms with Crippen LogP contribution in [0.3, 0.4) is 0 Å². The van der Waals surface area contributed by atoms with Crippen molar-refractivity contribution in [1.29, 1.82) is 0 Å². The van der Waals surface area contributed by atoms with Crippen LogP contribution in [0.1, 0.15) is 17.5 Å². The van der Waals surface area contributed by atoms with Gasteiger partial charge in [0.05, 0.1) is 13.2 Å². The Labute approximate surface area is 57.8 Å². The zero-order chi connectivity index (χ0) is 7.56. The zero-order valence-corrected chi connectivity index (χ0v) is 5.75. The third kappa shape index (κ3) is 1.15. The first-order chi connectivity index (χ1) is 4.74. The molecule has 4 heteroatoms. The molecule has 0 amide bonds. The van der Waals surface area contributed by atoms with Crippen LogP contribution in [0, 0.1) is 0 Å². The van der Waals surface area contributed by atoms with Gasteiger partial charge in [0.1, 0.15) is 0 Å². The molecule has 1 aromatic heterocycles. The molecule has 0 fully saturated rings. The van der Waals surface area contributed by atoms with Crippen molar-refractivity contribution in [3.8, 4) is 5.88 Å². The van der Waals surface area contributed by atoms with Crippen LogP contribution >= 0.6 is 0 Å². The standard InChI is InChI=1S/C6H7NO3/c1-4(8)5-3-6(9-2)7-10-5/h3H,1-2H3. The Hall–Kier alpha value is -1.32. The molecule has 0 N–H and O–H groups in total. The summed E-state index contributed by atoms with van der Waals surface area (Å²) in [5.41, 5.74) is 0. The van der Waals surface area contributed by atoms with E-state index in [4.69, 9.17) is 0 Å². The van der Waals surface area contributed by atoms with E-state index in [2.05, 4.69) is 14.4 Å². The first-order valence-electron chi connectivity index (χ1n) is 2.75. The Morgan fingerprint density at radius 1 is 1.80 bits per heavy atom. The van der Waals surface area contributed by atoms with Crippen molar-refractivity contribution < 1.29 is 14.1 Å². The second-order valence-corrected chi connectivity index (χ2v) is 1.79. The van der Waals surface area contributed by atoms with Gasteiger partial charge in [-0.15, -0.1) is 0 Å². The fourth-order valence-corrected chi connectivity index (χ4v) is 0.521. The van der Waals surface area contributed by atoms with Gasteiger partial charge >= 0.3 is 0 Å². The molecule has 1 heterocycles. The second kappa shape index (κ2) is 2.51. The van der Waals surface area contributed by atoms with Gasteiger partial charge in [-0.25, -0.2) is 0 Å². The number of rotatable bonds is 2. The lowest BCUT2D eigenvalue weighted by atomic mass is 10.3. The lowest BCUT2D eigenvalue weighted by Crippen LogP contribution is -1.86. The molecule has 4 nitrogen and oxygen atoms in total. The highest BCUT2D eigenvalue weighted by Gasteiger charge is 2.06. The van der Waals surface area contributed by atoms with Crippen LogP contribution in [-0.4, -0.2) is 18.0 Å². The van der Waals surface area contributed by atoms with Crippen LogP contribution in [0.2, 0.25) is 0 Å². The molecule has 54 valence electrons. The van der Waals surface area contributed by atoms with Crippen molar-refractivity contribution in [1.82, 2.24) is 5.16 Å². The van der Waals surface area contributed by atoms with Gasteiger partial charge in [0.15, 0.2) is 5.78 Å². The molecule has 10 heavy (non-hydrogen) atoms. The van der Waals surface area contributed by atoms with E-state index in [1.165, 1.54) is 20.1 Å². The summed E-state index contributed by atoms with van der Waals surface area (Å²) in [6.07, 6.45) is 0. The molecule has 0 saturated carbocycles. The Balaban J connectivity index is 2.88. The van der Waals surface area contributed by atoms with Crippen molar-refractivity contribution in [3.63, 3.8) is 0 Å². The molecule has 0 bridgehead atoms. The van der Waals surface area contributed by atoms with Crippen LogP contribution in [0.25, 0.3) is 0 Å². The highest BCUT2D eigenvalue weighted by Crippen LogP contribution is 2.10. The van der Waals surface area contributed by atoms with E-state index in [1.54, 1.807) is 0 Å². The second-order valence-electron chi connectivity index (χ2n) is 1.79. The number of ether oxygens (including phenoxy) is 1. The number of carbonyl (C=O) groups is 1. The van der Waals surface area contributed by atoms with Crippen LogP contribution in [-0.2, 0) is 0 Å². The summed E-state index contributed by atoms with van der Waals surface area (Å²) in [7, 11) is 1.46. The quantitative estimate of drug-likeness (QED) is 0.574. The number of nitrogens with zero attached hydrogens (tertiary/aromatic N) is 1. The Morgan fingerprint density at radius 2 is 2.50 bits per heavy atom. The van der Waals surface area contributed by atoms with Crippen LogP contribution in [0.5, 0.6) is 5.88 Å². The molecular weight excluding hydrogens is 134 g/mol. The Bertz CT molecular complexity index is 241. The van der Waals surface area contributed by atoms with Crippen molar-refractivity contribution in [2.24, 2.45) is 0 Å².